The van der Waals surface area contributed by atoms with Gasteiger partial charge in [0.2, 0.25) is 0 Å². The molecule has 0 saturated carbocycles. The van der Waals surface area contributed by atoms with Crippen LogP contribution in [0, 0.1) is 0 Å². The van der Waals surface area contributed by atoms with Crippen LogP contribution in [0.25, 0.3) is 0 Å². The Morgan fingerprint density at radius 1 is 0.905 bits per heavy atom. The molecule has 0 atom stereocenters. The number of carbonyl (C=O) groups excluding carboxylic acids is 1. The molecule has 0 spiro atoms. The van der Waals surface area contributed by atoms with E-state index < -0.39 is 10.0 Å². The molecule has 21 heavy (non-hydrogen) atoms. The average molecular weight is 299 g/mol. The van der Waals surface area contributed by atoms with Crippen molar-refractivity contribution in [1.29, 1.82) is 0 Å². The van der Waals surface area contributed by atoms with Crippen LogP contribution in [-0.2, 0) is 14.8 Å². The van der Waals surface area contributed by atoms with Gasteiger partial charge in [-0.1, -0.05) is 30.4 Å². The molecule has 0 bridgehead atoms. The van der Waals surface area contributed by atoms with Gasteiger partial charge in [0.15, 0.2) is 5.78 Å². The smallest absolute Gasteiger partial charge is 0.282 e. The highest BCUT2D eigenvalue weighted by molar-refractivity contribution is 7.90. The number of rotatable bonds is 2. The summed E-state index contributed by atoms with van der Waals surface area (Å²) in [5, 5.41) is 0. The predicted molar refractivity (Wildman–Crippen MR) is 80.6 cm³/mol. The van der Waals surface area contributed by atoms with E-state index in [9.17, 15) is 13.2 Å². The summed E-state index contributed by atoms with van der Waals surface area (Å²) in [6.07, 6.45) is 7.78. The monoisotopic (exact) mass is 299 g/mol. The van der Waals surface area contributed by atoms with Crippen LogP contribution in [0.2, 0.25) is 0 Å². The van der Waals surface area contributed by atoms with Crippen LogP contribution in [0.15, 0.2) is 75.1 Å². The largest absolute Gasteiger partial charge is 0.290 e. The van der Waals surface area contributed by atoms with Crippen molar-refractivity contribution >= 4 is 21.5 Å². The maximum Gasteiger partial charge on any atom is 0.282 e. The summed E-state index contributed by atoms with van der Waals surface area (Å²) >= 11 is 0. The molecule has 0 fully saturated rings. The summed E-state index contributed by atoms with van der Waals surface area (Å²) in [7, 11) is -3.76. The van der Waals surface area contributed by atoms with Gasteiger partial charge in [0.05, 0.1) is 10.6 Å². The molecule has 1 aromatic carbocycles. The zero-order chi connectivity index (χ0) is 14.9. The van der Waals surface area contributed by atoms with E-state index in [2.05, 4.69) is 4.40 Å². The molecule has 0 aromatic heterocycles. The molecule has 0 radical (unpaired) electrons. The van der Waals surface area contributed by atoms with Crippen LogP contribution >= 0.6 is 0 Å². The van der Waals surface area contributed by atoms with Gasteiger partial charge in [-0.05, 0) is 42.7 Å². The number of benzene rings is 1. The minimum Gasteiger partial charge on any atom is -0.290 e. The summed E-state index contributed by atoms with van der Waals surface area (Å²) < 4.78 is 28.5. The Bertz CT molecular complexity index is 812. The van der Waals surface area contributed by atoms with Gasteiger partial charge in [0.25, 0.3) is 10.0 Å². The number of hydrogen-bond donors (Lipinski definition) is 0. The molecule has 1 aromatic rings. The predicted octanol–water partition coefficient (Wildman–Crippen LogP) is 2.60. The first-order valence-corrected chi connectivity index (χ1v) is 8.02. The number of sulfonamides is 1. The van der Waals surface area contributed by atoms with Crippen LogP contribution in [0.5, 0.6) is 0 Å². The first-order chi connectivity index (χ1) is 10.1. The average Bonchev–Trinajstić information content (AvgIpc) is 2.51. The Morgan fingerprint density at radius 3 is 2.29 bits per heavy atom. The van der Waals surface area contributed by atoms with E-state index in [0.717, 1.165) is 0 Å². The minimum absolute atomic E-state index is 0.0644. The van der Waals surface area contributed by atoms with Gasteiger partial charge in [-0.25, -0.2) is 0 Å². The van der Waals surface area contributed by atoms with E-state index >= 15 is 0 Å². The fourth-order valence-corrected chi connectivity index (χ4v) is 3.41. The van der Waals surface area contributed by atoms with Gasteiger partial charge in [0, 0.05) is 5.57 Å². The van der Waals surface area contributed by atoms with Crippen molar-refractivity contribution in [3.05, 3.63) is 65.8 Å². The van der Waals surface area contributed by atoms with E-state index in [4.69, 9.17) is 0 Å². The molecule has 106 valence electrons. The quantitative estimate of drug-likeness (QED) is 0.623. The molecule has 0 N–H and O–H groups in total. The second-order valence-corrected chi connectivity index (χ2v) is 6.40. The summed E-state index contributed by atoms with van der Waals surface area (Å²) in [5.41, 5.74) is 1.71. The molecule has 0 aliphatic heterocycles. The van der Waals surface area contributed by atoms with Gasteiger partial charge in [0.1, 0.15) is 0 Å². The Balaban J connectivity index is 2.06. The number of hydrogen-bond acceptors (Lipinski definition) is 3. The Hall–Kier alpha value is -2.27. The number of carbonyl (C=O) groups is 1. The van der Waals surface area contributed by atoms with E-state index in [1.165, 1.54) is 24.3 Å². The lowest BCUT2D eigenvalue weighted by Gasteiger charge is -2.18. The van der Waals surface area contributed by atoms with Crippen molar-refractivity contribution in [2.45, 2.75) is 17.7 Å². The van der Waals surface area contributed by atoms with Gasteiger partial charge in [-0.15, -0.1) is 0 Å². The van der Waals surface area contributed by atoms with E-state index in [1.54, 1.807) is 18.2 Å². The van der Waals surface area contributed by atoms with Gasteiger partial charge < -0.3 is 0 Å². The molecular weight excluding hydrogens is 286 g/mol. The van der Waals surface area contributed by atoms with Crippen LogP contribution in [-0.4, -0.2) is 19.9 Å². The van der Waals surface area contributed by atoms with Crippen LogP contribution in [0.3, 0.4) is 0 Å². The third kappa shape index (κ3) is 2.64. The topological polar surface area (TPSA) is 63.6 Å². The third-order valence-corrected chi connectivity index (χ3v) is 4.74. The number of nitrogens with zero attached hydrogens (tertiary/aromatic N) is 1. The molecule has 2 aliphatic carbocycles. The molecule has 2 aliphatic rings. The zero-order valence-corrected chi connectivity index (χ0v) is 12.0. The lowest BCUT2D eigenvalue weighted by Crippen LogP contribution is -2.17. The molecule has 4 nitrogen and oxygen atoms in total. The molecule has 0 unspecified atom stereocenters. The van der Waals surface area contributed by atoms with Gasteiger partial charge in [-0.2, -0.15) is 12.8 Å². The Morgan fingerprint density at radius 2 is 1.57 bits per heavy atom. The first-order valence-electron chi connectivity index (χ1n) is 6.58. The van der Waals surface area contributed by atoms with Gasteiger partial charge >= 0.3 is 0 Å². The Labute approximate surface area is 123 Å². The molecule has 0 saturated heterocycles. The van der Waals surface area contributed by atoms with Crippen molar-refractivity contribution in [2.24, 2.45) is 4.40 Å². The zero-order valence-electron chi connectivity index (χ0n) is 11.2. The third-order valence-electron chi connectivity index (χ3n) is 3.43. The second-order valence-electron chi connectivity index (χ2n) is 4.80. The van der Waals surface area contributed by atoms with Crippen LogP contribution in [0.1, 0.15) is 12.8 Å². The summed E-state index contributed by atoms with van der Waals surface area (Å²) in [4.78, 5) is 12.0. The van der Waals surface area contributed by atoms with Crippen LogP contribution < -0.4 is 0 Å². The highest BCUT2D eigenvalue weighted by atomic mass is 32.2. The van der Waals surface area contributed by atoms with E-state index in [-0.39, 0.29) is 10.7 Å². The van der Waals surface area contributed by atoms with E-state index in [1.807, 2.05) is 12.2 Å². The summed E-state index contributed by atoms with van der Waals surface area (Å²) in [6.45, 7) is 0. The van der Waals surface area contributed by atoms with Crippen molar-refractivity contribution < 1.29 is 13.2 Å². The van der Waals surface area contributed by atoms with Crippen molar-refractivity contribution in [3.8, 4) is 0 Å². The fourth-order valence-electron chi connectivity index (χ4n) is 2.37. The standard InChI is InChI=1S/C16H13NO3S/c18-16-11-10-15(13-8-4-5-9-14(13)16)17-21(19,20)12-6-2-1-3-7-12/h1-7,10-11H,8-9H2/b17-15-. The van der Waals surface area contributed by atoms with Crippen LogP contribution in [0.4, 0.5) is 0 Å². The number of ketones is 1. The second kappa shape index (κ2) is 5.26. The fraction of sp³-hybridized carbons (Fsp3) is 0.125. The highest BCUT2D eigenvalue weighted by Gasteiger charge is 2.23. The molecule has 3 rings (SSSR count). The minimum atomic E-state index is -3.76. The first kappa shape index (κ1) is 13.7. The van der Waals surface area contributed by atoms with Gasteiger partial charge in [-0.3, -0.25) is 4.79 Å². The number of allylic oxidation sites excluding steroid dienone is 6. The molecule has 0 heterocycles. The SMILES string of the molecule is O=C1C=C/C(=N/S(=O)(=O)c2ccccc2)C2=C1CC=CC2. The molecule has 5 heteroatoms. The molecular formula is C16H13NO3S. The van der Waals surface area contributed by atoms with Crippen molar-refractivity contribution in [1.82, 2.24) is 0 Å². The summed E-state index contributed by atoms with van der Waals surface area (Å²) in [5.74, 6) is -0.0644. The Kier molecular flexibility index (Phi) is 3.43. The van der Waals surface area contributed by atoms with E-state index in [0.29, 0.717) is 29.7 Å². The normalized spacial score (nSPS) is 20.0. The summed E-state index contributed by atoms with van der Waals surface area (Å²) in [6, 6.07) is 8.07. The van der Waals surface area contributed by atoms with Crippen molar-refractivity contribution in [2.75, 3.05) is 0 Å². The lowest BCUT2D eigenvalue weighted by molar-refractivity contribution is -0.111. The maximum atomic E-state index is 12.3. The lowest BCUT2D eigenvalue weighted by atomic mass is 9.87. The maximum absolute atomic E-state index is 12.3. The highest BCUT2D eigenvalue weighted by Crippen LogP contribution is 2.27. The van der Waals surface area contributed by atoms with Crippen molar-refractivity contribution in [3.63, 3.8) is 0 Å². The molecule has 0 amide bonds.